The van der Waals surface area contributed by atoms with Crippen molar-refractivity contribution in [2.24, 2.45) is 0 Å². The van der Waals surface area contributed by atoms with Crippen LogP contribution in [0.25, 0.3) is 33.6 Å². The summed E-state index contributed by atoms with van der Waals surface area (Å²) in [6.07, 6.45) is 7.15. The lowest BCUT2D eigenvalue weighted by atomic mass is 9.97. The first kappa shape index (κ1) is 27.2. The quantitative estimate of drug-likeness (QED) is 0.160. The van der Waals surface area contributed by atoms with Crippen molar-refractivity contribution in [2.75, 3.05) is 10.6 Å². The second-order valence-corrected chi connectivity index (χ2v) is 10.8. The molecular formula is C34H34N6O2. The van der Waals surface area contributed by atoms with Gasteiger partial charge < -0.3 is 20.6 Å². The topological polar surface area (TPSA) is 116 Å². The third-order valence-electron chi connectivity index (χ3n) is 7.74. The highest BCUT2D eigenvalue weighted by molar-refractivity contribution is 5.74. The Morgan fingerprint density at radius 1 is 0.643 bits per heavy atom. The van der Waals surface area contributed by atoms with Crippen LogP contribution in [-0.2, 0) is 6.54 Å². The monoisotopic (exact) mass is 558 g/mol. The van der Waals surface area contributed by atoms with Gasteiger partial charge in [0.2, 0.25) is 0 Å². The van der Waals surface area contributed by atoms with Crippen LogP contribution in [-0.4, -0.2) is 26.0 Å². The average Bonchev–Trinajstić information content (AvgIpc) is 3.29. The lowest BCUT2D eigenvalue weighted by Crippen LogP contribution is -2.22. The van der Waals surface area contributed by atoms with Crippen LogP contribution in [0.1, 0.15) is 44.1 Å². The lowest BCUT2D eigenvalue weighted by Gasteiger charge is -2.17. The summed E-state index contributed by atoms with van der Waals surface area (Å²) in [6, 6.07) is 30.1. The first-order chi connectivity index (χ1) is 20.6. The maximum absolute atomic E-state index is 12.5. The lowest BCUT2D eigenvalue weighted by molar-refractivity contribution is 0.617. The number of nitrogens with zero attached hydrogens (tertiary/aromatic N) is 2. The second kappa shape index (κ2) is 12.7. The molecule has 0 aliphatic heterocycles. The molecule has 0 unspecified atom stereocenters. The molecule has 0 bridgehead atoms. The van der Waals surface area contributed by atoms with Crippen molar-refractivity contribution in [1.82, 2.24) is 19.9 Å². The minimum Gasteiger partial charge on any atom is -0.367 e. The van der Waals surface area contributed by atoms with Crippen LogP contribution in [0.5, 0.6) is 0 Å². The van der Waals surface area contributed by atoms with Crippen molar-refractivity contribution in [3.63, 3.8) is 0 Å². The van der Waals surface area contributed by atoms with Gasteiger partial charge >= 0.3 is 11.4 Å². The van der Waals surface area contributed by atoms with Gasteiger partial charge in [-0.05, 0) is 46.7 Å². The normalized spacial score (nSPS) is 13.8. The predicted octanol–water partition coefficient (Wildman–Crippen LogP) is 6.60. The fraction of sp³-hybridized carbons (Fsp3) is 0.235. The molecule has 0 saturated heterocycles. The maximum atomic E-state index is 12.5. The van der Waals surface area contributed by atoms with Crippen LogP contribution in [0.3, 0.4) is 0 Å². The molecule has 0 radical (unpaired) electrons. The Hall–Kier alpha value is -4.98. The van der Waals surface area contributed by atoms with E-state index in [0.717, 1.165) is 46.4 Å². The van der Waals surface area contributed by atoms with Gasteiger partial charge in [-0.25, -0.2) is 9.59 Å². The molecule has 0 amide bonds. The Morgan fingerprint density at radius 3 is 2.05 bits per heavy atom. The van der Waals surface area contributed by atoms with E-state index in [1.807, 2.05) is 66.7 Å². The molecule has 1 saturated carbocycles. The Morgan fingerprint density at radius 2 is 1.26 bits per heavy atom. The summed E-state index contributed by atoms with van der Waals surface area (Å²) in [6.45, 7) is 0.479. The van der Waals surface area contributed by atoms with Crippen molar-refractivity contribution < 1.29 is 0 Å². The van der Waals surface area contributed by atoms with Crippen LogP contribution < -0.4 is 22.0 Å². The first-order valence-corrected chi connectivity index (χ1v) is 14.6. The van der Waals surface area contributed by atoms with E-state index in [-0.39, 0.29) is 5.69 Å². The zero-order valence-corrected chi connectivity index (χ0v) is 23.4. The van der Waals surface area contributed by atoms with Crippen molar-refractivity contribution in [2.45, 2.75) is 51.1 Å². The van der Waals surface area contributed by atoms with E-state index in [1.165, 1.54) is 25.7 Å². The van der Waals surface area contributed by atoms with Crippen molar-refractivity contribution >= 4 is 11.6 Å². The predicted molar refractivity (Wildman–Crippen MR) is 168 cm³/mol. The van der Waals surface area contributed by atoms with Gasteiger partial charge in [0.05, 0.1) is 11.4 Å². The van der Waals surface area contributed by atoms with E-state index in [2.05, 4.69) is 54.8 Å². The van der Waals surface area contributed by atoms with Gasteiger partial charge in [-0.15, -0.1) is 0 Å². The van der Waals surface area contributed by atoms with E-state index in [0.29, 0.717) is 29.9 Å². The van der Waals surface area contributed by atoms with Crippen molar-refractivity contribution in [3.8, 4) is 33.6 Å². The zero-order chi connectivity index (χ0) is 28.7. The smallest absolute Gasteiger partial charge is 0.347 e. The number of aromatic amines is 2. The number of aromatic nitrogens is 4. The van der Waals surface area contributed by atoms with E-state index < -0.39 is 5.69 Å². The summed E-state index contributed by atoms with van der Waals surface area (Å²) in [5.74, 6) is 1.13. The third-order valence-corrected chi connectivity index (χ3v) is 7.74. The highest BCUT2D eigenvalue weighted by Crippen LogP contribution is 2.29. The number of nitrogens with one attached hydrogen (secondary N) is 4. The molecule has 5 aromatic rings. The molecule has 6 rings (SSSR count). The summed E-state index contributed by atoms with van der Waals surface area (Å²) in [7, 11) is 0. The zero-order valence-electron chi connectivity index (χ0n) is 23.4. The van der Waals surface area contributed by atoms with E-state index in [9.17, 15) is 9.59 Å². The van der Waals surface area contributed by atoms with Gasteiger partial charge in [0.25, 0.3) is 0 Å². The van der Waals surface area contributed by atoms with E-state index in [4.69, 9.17) is 0 Å². The van der Waals surface area contributed by atoms with Crippen LogP contribution >= 0.6 is 0 Å². The molecule has 0 spiro atoms. The number of benzene rings is 3. The Labute approximate surface area is 244 Å². The molecule has 42 heavy (non-hydrogen) atoms. The molecule has 3 aromatic carbocycles. The van der Waals surface area contributed by atoms with Crippen LogP contribution in [0.4, 0.5) is 11.6 Å². The standard InChI is InChI=1S/C34H34N6O2/c41-33-37-29(23-11-4-3-5-12-23)20-31(39-33)35-22-26-13-8-9-18-28(26)24-14-10-15-25(19-24)30-21-32(40-34(42)38-30)36-27-16-6-1-2-7-17-27/h3-5,8-15,18-21,27H,1-2,6-7,16-17,22H2,(H2,35,37,39,41)(H2,36,38,40,42). The fourth-order valence-electron chi connectivity index (χ4n) is 5.64. The number of H-pyrrole nitrogens is 2. The summed E-state index contributed by atoms with van der Waals surface area (Å²) >= 11 is 0. The molecule has 1 fully saturated rings. The van der Waals surface area contributed by atoms with E-state index in [1.54, 1.807) is 0 Å². The van der Waals surface area contributed by atoms with Gasteiger partial charge in [0, 0.05) is 24.7 Å². The van der Waals surface area contributed by atoms with Gasteiger partial charge in [-0.2, -0.15) is 9.97 Å². The summed E-state index contributed by atoms with van der Waals surface area (Å²) in [4.78, 5) is 38.9. The molecule has 1 aliphatic carbocycles. The molecule has 8 nitrogen and oxygen atoms in total. The number of hydrogen-bond donors (Lipinski definition) is 4. The fourth-order valence-corrected chi connectivity index (χ4v) is 5.64. The SMILES string of the molecule is O=c1nc(NCc2ccccc2-c2cccc(-c3cc(NC4CCCCCC4)nc(=O)[nH]3)c2)cc(-c2ccccc2)[nH]1. The maximum Gasteiger partial charge on any atom is 0.347 e. The van der Waals surface area contributed by atoms with Gasteiger partial charge in [-0.1, -0.05) is 98.5 Å². The molecule has 4 N–H and O–H groups in total. The minimum atomic E-state index is -0.404. The molecule has 212 valence electrons. The summed E-state index contributed by atoms with van der Waals surface area (Å²) in [5, 5.41) is 6.84. The minimum absolute atomic E-state index is 0.346. The molecule has 8 heteroatoms. The summed E-state index contributed by atoms with van der Waals surface area (Å²) in [5.41, 5.74) is 5.61. The first-order valence-electron chi connectivity index (χ1n) is 14.6. The molecule has 1 aliphatic rings. The second-order valence-electron chi connectivity index (χ2n) is 10.8. The van der Waals surface area contributed by atoms with Gasteiger partial charge in [-0.3, -0.25) is 0 Å². The largest absolute Gasteiger partial charge is 0.367 e. The number of rotatable bonds is 8. The van der Waals surface area contributed by atoms with Crippen LogP contribution in [0.15, 0.2) is 101 Å². The number of anilines is 2. The molecule has 2 heterocycles. The van der Waals surface area contributed by atoms with Crippen LogP contribution in [0, 0.1) is 0 Å². The number of hydrogen-bond acceptors (Lipinski definition) is 6. The van der Waals surface area contributed by atoms with Crippen LogP contribution in [0.2, 0.25) is 0 Å². The highest BCUT2D eigenvalue weighted by Gasteiger charge is 2.14. The van der Waals surface area contributed by atoms with Crippen molar-refractivity contribution in [1.29, 1.82) is 0 Å². The Kier molecular flexibility index (Phi) is 8.21. The Balaban J connectivity index is 1.24. The molecule has 2 aromatic heterocycles. The third kappa shape index (κ3) is 6.66. The molecular weight excluding hydrogens is 524 g/mol. The van der Waals surface area contributed by atoms with Gasteiger partial charge in [0.1, 0.15) is 11.6 Å². The Bertz CT molecular complexity index is 1770. The van der Waals surface area contributed by atoms with Gasteiger partial charge in [0.15, 0.2) is 0 Å². The average molecular weight is 559 g/mol. The van der Waals surface area contributed by atoms with E-state index >= 15 is 0 Å². The highest BCUT2D eigenvalue weighted by atomic mass is 16.1. The van der Waals surface area contributed by atoms with Crippen molar-refractivity contribution in [3.05, 3.63) is 118 Å². The molecule has 0 atom stereocenters. The summed E-state index contributed by atoms with van der Waals surface area (Å²) < 4.78 is 0.